The molecule has 1 N–H and O–H groups in total. The highest BCUT2D eigenvalue weighted by atomic mass is 35.5. The van der Waals surface area contributed by atoms with Crippen LogP contribution in [0.15, 0.2) is 48.5 Å². The average Bonchev–Trinajstić information content (AvgIpc) is 2.55. The number of hydrogen-bond acceptors (Lipinski definition) is 3. The van der Waals surface area contributed by atoms with Gasteiger partial charge in [-0.3, -0.25) is 4.90 Å². The molecule has 0 unspecified atom stereocenters. The molecule has 0 spiro atoms. The van der Waals surface area contributed by atoms with Gasteiger partial charge < -0.3 is 9.84 Å². The van der Waals surface area contributed by atoms with E-state index in [1.807, 2.05) is 12.1 Å². The Hall–Kier alpha value is -2.53. The van der Waals surface area contributed by atoms with E-state index in [4.69, 9.17) is 16.3 Å². The zero-order chi connectivity index (χ0) is 19.3. The minimum atomic E-state index is -1.10. The maximum Gasteiger partial charge on any atom is 0.414 e. The minimum Gasteiger partial charge on any atom is -0.478 e. The summed E-state index contributed by atoms with van der Waals surface area (Å²) in [5.41, 5.74) is 0.654. The van der Waals surface area contributed by atoms with Crippen molar-refractivity contribution in [3.05, 3.63) is 64.7 Å². The lowest BCUT2D eigenvalue weighted by molar-refractivity contribution is 0.0580. The molecule has 0 aromatic heterocycles. The van der Waals surface area contributed by atoms with Gasteiger partial charge in [0.2, 0.25) is 0 Å². The van der Waals surface area contributed by atoms with Gasteiger partial charge in [-0.05, 0) is 57.0 Å². The highest BCUT2D eigenvalue weighted by molar-refractivity contribution is 6.30. The summed E-state index contributed by atoms with van der Waals surface area (Å²) >= 11 is 5.90. The first kappa shape index (κ1) is 19.8. The quantitative estimate of drug-likeness (QED) is 0.796. The number of ether oxygens (including phenoxy) is 1. The van der Waals surface area contributed by atoms with E-state index in [9.17, 15) is 14.7 Å². The Morgan fingerprint density at radius 1 is 1.08 bits per heavy atom. The number of aromatic carboxylic acids is 1. The number of rotatable bonds is 5. The fourth-order valence-electron chi connectivity index (χ4n) is 2.41. The Morgan fingerprint density at radius 3 is 2.27 bits per heavy atom. The highest BCUT2D eigenvalue weighted by Gasteiger charge is 2.26. The number of hydrogen-bond donors (Lipinski definition) is 1. The van der Waals surface area contributed by atoms with Crippen molar-refractivity contribution in [2.24, 2.45) is 0 Å². The maximum absolute atomic E-state index is 12.7. The number of carbonyl (C=O) groups excluding carboxylic acids is 1. The predicted octanol–water partition coefficient (Wildman–Crippen LogP) is 5.02. The molecule has 138 valence electrons. The monoisotopic (exact) mass is 375 g/mol. The molecule has 0 saturated carbocycles. The molecule has 6 heteroatoms. The number of carboxylic acid groups (broad SMARTS) is 1. The minimum absolute atomic E-state index is 0.0504. The number of amides is 1. The second-order valence-corrected chi connectivity index (χ2v) is 7.27. The van der Waals surface area contributed by atoms with E-state index >= 15 is 0 Å². The molecule has 0 radical (unpaired) electrons. The van der Waals surface area contributed by atoms with Crippen LogP contribution in [0.1, 0.15) is 36.7 Å². The number of halogens is 1. The lowest BCUT2D eigenvalue weighted by Crippen LogP contribution is -2.39. The molecular weight excluding hydrogens is 354 g/mol. The van der Waals surface area contributed by atoms with Gasteiger partial charge in [-0.25, -0.2) is 9.59 Å². The van der Waals surface area contributed by atoms with Gasteiger partial charge in [0.15, 0.2) is 0 Å². The van der Waals surface area contributed by atoms with E-state index in [2.05, 4.69) is 0 Å². The second-order valence-electron chi connectivity index (χ2n) is 6.83. The summed E-state index contributed by atoms with van der Waals surface area (Å²) in [4.78, 5) is 25.6. The first-order valence-electron chi connectivity index (χ1n) is 8.24. The summed E-state index contributed by atoms with van der Waals surface area (Å²) in [5, 5.41) is 10.1. The van der Waals surface area contributed by atoms with E-state index in [-0.39, 0.29) is 12.1 Å². The fourth-order valence-corrected chi connectivity index (χ4v) is 2.53. The molecule has 2 aromatic carbocycles. The van der Waals surface area contributed by atoms with Crippen molar-refractivity contribution in [3.63, 3.8) is 0 Å². The van der Waals surface area contributed by atoms with Crippen LogP contribution in [0.25, 0.3) is 0 Å². The molecule has 0 heterocycles. The highest BCUT2D eigenvalue weighted by Crippen LogP contribution is 2.24. The van der Waals surface area contributed by atoms with Gasteiger partial charge in [0, 0.05) is 11.6 Å². The van der Waals surface area contributed by atoms with Crippen LogP contribution in [0.4, 0.5) is 10.5 Å². The van der Waals surface area contributed by atoms with Crippen LogP contribution < -0.4 is 4.90 Å². The molecule has 1 amide bonds. The predicted molar refractivity (Wildman–Crippen MR) is 102 cm³/mol. The van der Waals surface area contributed by atoms with Gasteiger partial charge in [0.05, 0.1) is 11.3 Å². The standard InChI is InChI=1S/C20H22ClNO4/c1-20(2,3)26-19(25)22(13-12-14-8-10-15(21)11-9-14)17-7-5-4-6-16(17)18(23)24/h4-11H,12-13H2,1-3H3,(H,23,24). The summed E-state index contributed by atoms with van der Waals surface area (Å²) in [6, 6.07) is 13.7. The Balaban J connectivity index is 2.31. The summed E-state index contributed by atoms with van der Waals surface area (Å²) < 4.78 is 5.47. The zero-order valence-electron chi connectivity index (χ0n) is 15.0. The van der Waals surface area contributed by atoms with E-state index in [0.29, 0.717) is 17.1 Å². The van der Waals surface area contributed by atoms with Gasteiger partial charge in [0.25, 0.3) is 0 Å². The van der Waals surface area contributed by atoms with Crippen LogP contribution in [0.3, 0.4) is 0 Å². The molecule has 5 nitrogen and oxygen atoms in total. The molecule has 2 aromatic rings. The maximum atomic E-state index is 12.7. The molecular formula is C20H22ClNO4. The Bertz CT molecular complexity index is 781. The summed E-state index contributed by atoms with van der Waals surface area (Å²) in [6.45, 7) is 5.59. The number of anilines is 1. The molecule has 0 fully saturated rings. The molecule has 0 bridgehead atoms. The van der Waals surface area contributed by atoms with Gasteiger partial charge in [-0.1, -0.05) is 35.9 Å². The van der Waals surface area contributed by atoms with Crippen LogP contribution in [0.5, 0.6) is 0 Å². The lowest BCUT2D eigenvalue weighted by atomic mass is 10.1. The topological polar surface area (TPSA) is 66.8 Å². The molecule has 0 atom stereocenters. The number of para-hydroxylation sites is 1. The van der Waals surface area contributed by atoms with E-state index in [1.165, 1.54) is 11.0 Å². The normalized spacial score (nSPS) is 11.1. The average molecular weight is 376 g/mol. The van der Waals surface area contributed by atoms with Gasteiger partial charge in [0.1, 0.15) is 5.60 Å². The molecule has 2 rings (SSSR count). The third kappa shape index (κ3) is 5.49. The zero-order valence-corrected chi connectivity index (χ0v) is 15.8. The van der Waals surface area contributed by atoms with E-state index < -0.39 is 17.7 Å². The molecule has 0 saturated heterocycles. The van der Waals surface area contributed by atoms with Crippen molar-refractivity contribution < 1.29 is 19.4 Å². The van der Waals surface area contributed by atoms with Crippen LogP contribution in [-0.4, -0.2) is 29.3 Å². The Labute approximate surface area is 158 Å². The third-order valence-corrected chi connectivity index (χ3v) is 3.83. The first-order valence-corrected chi connectivity index (χ1v) is 8.62. The largest absolute Gasteiger partial charge is 0.478 e. The first-order chi connectivity index (χ1) is 12.2. The fraction of sp³-hybridized carbons (Fsp3) is 0.300. The molecule has 26 heavy (non-hydrogen) atoms. The van der Waals surface area contributed by atoms with E-state index in [1.54, 1.807) is 51.1 Å². The van der Waals surface area contributed by atoms with Crippen LogP contribution in [0, 0.1) is 0 Å². The third-order valence-electron chi connectivity index (χ3n) is 3.58. The Morgan fingerprint density at radius 2 is 1.69 bits per heavy atom. The van der Waals surface area contributed by atoms with Crippen molar-refractivity contribution in [2.45, 2.75) is 32.8 Å². The van der Waals surface area contributed by atoms with Gasteiger partial charge >= 0.3 is 12.1 Å². The van der Waals surface area contributed by atoms with Crippen LogP contribution >= 0.6 is 11.6 Å². The van der Waals surface area contributed by atoms with Gasteiger partial charge in [-0.2, -0.15) is 0 Å². The van der Waals surface area contributed by atoms with E-state index in [0.717, 1.165) is 5.56 Å². The van der Waals surface area contributed by atoms with Crippen molar-refractivity contribution in [1.29, 1.82) is 0 Å². The second kappa shape index (κ2) is 8.23. The Kier molecular flexibility index (Phi) is 6.27. The smallest absolute Gasteiger partial charge is 0.414 e. The van der Waals surface area contributed by atoms with Crippen LogP contribution in [-0.2, 0) is 11.2 Å². The van der Waals surface area contributed by atoms with Crippen molar-refractivity contribution in [1.82, 2.24) is 0 Å². The van der Waals surface area contributed by atoms with Gasteiger partial charge in [-0.15, -0.1) is 0 Å². The van der Waals surface area contributed by atoms with Crippen molar-refractivity contribution >= 4 is 29.4 Å². The molecule has 0 aliphatic rings. The van der Waals surface area contributed by atoms with Crippen LogP contribution in [0.2, 0.25) is 5.02 Å². The SMILES string of the molecule is CC(C)(C)OC(=O)N(CCc1ccc(Cl)cc1)c1ccccc1C(=O)O. The summed E-state index contributed by atoms with van der Waals surface area (Å²) in [7, 11) is 0. The summed E-state index contributed by atoms with van der Waals surface area (Å²) in [6.07, 6.45) is -0.0511. The molecule has 0 aliphatic carbocycles. The van der Waals surface area contributed by atoms with Crippen molar-refractivity contribution in [3.8, 4) is 0 Å². The number of nitrogens with zero attached hydrogens (tertiary/aromatic N) is 1. The number of carbonyl (C=O) groups is 2. The number of carboxylic acids is 1. The molecule has 0 aliphatic heterocycles. The van der Waals surface area contributed by atoms with Crippen molar-refractivity contribution in [2.75, 3.05) is 11.4 Å². The number of benzene rings is 2. The lowest BCUT2D eigenvalue weighted by Gasteiger charge is -2.28. The summed E-state index contributed by atoms with van der Waals surface area (Å²) in [5.74, 6) is -1.10.